The number of aliphatic imine (C=N–C) groups is 1. The largest absolute Gasteiger partial charge is 0.497 e. The first-order valence-electron chi connectivity index (χ1n) is 9.87. The van der Waals surface area contributed by atoms with E-state index in [1.807, 2.05) is 30.9 Å². The number of rotatable bonds is 5. The summed E-state index contributed by atoms with van der Waals surface area (Å²) < 4.78 is 7.21. The summed E-state index contributed by atoms with van der Waals surface area (Å²) in [5.74, 6) is 1.87. The summed E-state index contributed by atoms with van der Waals surface area (Å²) in [6.07, 6.45) is 0.955. The Labute approximate surface area is 168 Å². The lowest BCUT2D eigenvalue weighted by Gasteiger charge is -2.37. The highest BCUT2D eigenvalue weighted by atomic mass is 16.5. The predicted octanol–water partition coefficient (Wildman–Crippen LogP) is 1.99. The van der Waals surface area contributed by atoms with Crippen LogP contribution < -0.4 is 15.0 Å². The van der Waals surface area contributed by atoms with E-state index in [0.29, 0.717) is 0 Å². The molecular formula is C21H32N6O. The Morgan fingerprint density at radius 3 is 2.36 bits per heavy atom. The van der Waals surface area contributed by atoms with Crippen LogP contribution in [0.3, 0.4) is 0 Å². The van der Waals surface area contributed by atoms with E-state index >= 15 is 0 Å². The summed E-state index contributed by atoms with van der Waals surface area (Å²) in [5.41, 5.74) is 4.92. The number of methoxy groups -OCH3 is 1. The Balaban J connectivity index is 1.50. The van der Waals surface area contributed by atoms with Crippen molar-refractivity contribution in [1.29, 1.82) is 0 Å². The highest BCUT2D eigenvalue weighted by Crippen LogP contribution is 2.20. The standard InChI is InChI=1S/C21H32N6O/c1-16-20(17(2)25(4)24-16)10-11-23-21(22-3)27-14-12-26(13-15-27)18-6-8-19(28-5)9-7-18/h6-9H,10-15H2,1-5H3,(H,22,23). The molecule has 0 spiro atoms. The summed E-state index contributed by atoms with van der Waals surface area (Å²) >= 11 is 0. The molecule has 2 aromatic rings. The number of aromatic nitrogens is 2. The summed E-state index contributed by atoms with van der Waals surface area (Å²) in [4.78, 5) is 9.23. The maximum absolute atomic E-state index is 5.25. The van der Waals surface area contributed by atoms with Gasteiger partial charge in [0.05, 0.1) is 12.8 Å². The molecule has 1 aromatic carbocycles. The number of aryl methyl sites for hydroxylation is 2. The maximum atomic E-state index is 5.25. The van der Waals surface area contributed by atoms with Crippen LogP contribution in [0.25, 0.3) is 0 Å². The van der Waals surface area contributed by atoms with Crippen LogP contribution in [0, 0.1) is 13.8 Å². The van der Waals surface area contributed by atoms with Crippen molar-refractivity contribution in [1.82, 2.24) is 20.0 Å². The fourth-order valence-electron chi connectivity index (χ4n) is 3.78. The van der Waals surface area contributed by atoms with Gasteiger partial charge in [-0.25, -0.2) is 0 Å². The zero-order valence-electron chi connectivity index (χ0n) is 17.7. The van der Waals surface area contributed by atoms with Crippen LogP contribution in [0.5, 0.6) is 5.75 Å². The van der Waals surface area contributed by atoms with Gasteiger partial charge in [0, 0.05) is 58.2 Å². The minimum Gasteiger partial charge on any atom is -0.497 e. The van der Waals surface area contributed by atoms with Gasteiger partial charge in [0.15, 0.2) is 5.96 Å². The first-order valence-corrected chi connectivity index (χ1v) is 9.87. The first kappa shape index (κ1) is 20.0. The molecule has 1 aliphatic heterocycles. The summed E-state index contributed by atoms with van der Waals surface area (Å²) in [6, 6.07) is 8.29. The number of nitrogens with zero attached hydrogens (tertiary/aromatic N) is 5. The van der Waals surface area contributed by atoms with Crippen molar-refractivity contribution in [2.45, 2.75) is 20.3 Å². The second kappa shape index (κ2) is 8.99. The zero-order chi connectivity index (χ0) is 20.1. The average molecular weight is 385 g/mol. The molecule has 0 atom stereocenters. The van der Waals surface area contributed by atoms with Crippen LogP contribution in [0.2, 0.25) is 0 Å². The van der Waals surface area contributed by atoms with Crippen LogP contribution >= 0.6 is 0 Å². The molecule has 1 aromatic heterocycles. The molecule has 1 fully saturated rings. The van der Waals surface area contributed by atoms with Crippen molar-refractivity contribution in [2.75, 3.05) is 51.8 Å². The van der Waals surface area contributed by atoms with Crippen molar-refractivity contribution in [3.8, 4) is 5.75 Å². The number of nitrogens with one attached hydrogen (secondary N) is 1. The third-order valence-corrected chi connectivity index (χ3v) is 5.55. The van der Waals surface area contributed by atoms with Crippen LogP contribution in [0.4, 0.5) is 5.69 Å². The molecule has 2 heterocycles. The molecule has 0 aliphatic carbocycles. The zero-order valence-corrected chi connectivity index (χ0v) is 17.7. The van der Waals surface area contributed by atoms with Crippen LogP contribution in [-0.4, -0.2) is 67.5 Å². The van der Waals surface area contributed by atoms with Crippen LogP contribution in [-0.2, 0) is 13.5 Å². The number of hydrogen-bond acceptors (Lipinski definition) is 4. The fraction of sp³-hybridized carbons (Fsp3) is 0.524. The van der Waals surface area contributed by atoms with Gasteiger partial charge in [-0.05, 0) is 50.1 Å². The summed E-state index contributed by atoms with van der Waals surface area (Å²) in [5, 5.41) is 8.03. The van der Waals surface area contributed by atoms with Gasteiger partial charge in [0.2, 0.25) is 0 Å². The topological polar surface area (TPSA) is 57.9 Å². The smallest absolute Gasteiger partial charge is 0.193 e. The van der Waals surface area contributed by atoms with E-state index in [-0.39, 0.29) is 0 Å². The SMILES string of the molecule is CN=C(NCCc1c(C)nn(C)c1C)N1CCN(c2ccc(OC)cc2)CC1. The molecule has 1 N–H and O–H groups in total. The third kappa shape index (κ3) is 4.40. The van der Waals surface area contributed by atoms with Crippen LogP contribution in [0.15, 0.2) is 29.3 Å². The molecule has 0 unspecified atom stereocenters. The Hall–Kier alpha value is -2.70. The van der Waals surface area contributed by atoms with Crippen molar-refractivity contribution in [2.24, 2.45) is 12.0 Å². The molecule has 1 aliphatic rings. The predicted molar refractivity (Wildman–Crippen MR) is 115 cm³/mol. The Bertz CT molecular complexity index is 803. The molecule has 7 heteroatoms. The van der Waals surface area contributed by atoms with Gasteiger partial charge in [-0.3, -0.25) is 9.67 Å². The van der Waals surface area contributed by atoms with Crippen molar-refractivity contribution in [3.63, 3.8) is 0 Å². The van der Waals surface area contributed by atoms with E-state index in [9.17, 15) is 0 Å². The van der Waals surface area contributed by atoms with E-state index in [0.717, 1.165) is 56.5 Å². The molecule has 0 saturated carbocycles. The molecule has 152 valence electrons. The van der Waals surface area contributed by atoms with E-state index in [1.54, 1.807) is 7.11 Å². The lowest BCUT2D eigenvalue weighted by atomic mass is 10.1. The third-order valence-electron chi connectivity index (χ3n) is 5.55. The molecule has 0 radical (unpaired) electrons. The molecular weight excluding hydrogens is 352 g/mol. The molecule has 7 nitrogen and oxygen atoms in total. The second-order valence-corrected chi connectivity index (χ2v) is 7.17. The van der Waals surface area contributed by atoms with Gasteiger partial charge >= 0.3 is 0 Å². The van der Waals surface area contributed by atoms with Gasteiger partial charge in [-0.15, -0.1) is 0 Å². The molecule has 0 bridgehead atoms. The number of hydrogen-bond donors (Lipinski definition) is 1. The Kier molecular flexibility index (Phi) is 6.44. The first-order chi connectivity index (χ1) is 13.5. The molecule has 1 saturated heterocycles. The summed E-state index contributed by atoms with van der Waals surface area (Å²) in [6.45, 7) is 8.94. The van der Waals surface area contributed by atoms with E-state index in [1.165, 1.54) is 16.9 Å². The summed E-state index contributed by atoms with van der Waals surface area (Å²) in [7, 11) is 5.56. The Morgan fingerprint density at radius 1 is 1.14 bits per heavy atom. The monoisotopic (exact) mass is 384 g/mol. The normalized spacial score (nSPS) is 15.1. The van der Waals surface area contributed by atoms with Crippen molar-refractivity contribution < 1.29 is 4.74 Å². The highest BCUT2D eigenvalue weighted by Gasteiger charge is 2.20. The van der Waals surface area contributed by atoms with E-state index in [4.69, 9.17) is 4.74 Å². The lowest BCUT2D eigenvalue weighted by molar-refractivity contribution is 0.373. The van der Waals surface area contributed by atoms with Gasteiger partial charge in [0.25, 0.3) is 0 Å². The van der Waals surface area contributed by atoms with E-state index < -0.39 is 0 Å². The minimum atomic E-state index is 0.860. The number of anilines is 1. The van der Waals surface area contributed by atoms with Crippen molar-refractivity contribution >= 4 is 11.6 Å². The van der Waals surface area contributed by atoms with Gasteiger partial charge in [-0.1, -0.05) is 0 Å². The molecule has 0 amide bonds. The Morgan fingerprint density at radius 2 is 1.82 bits per heavy atom. The highest BCUT2D eigenvalue weighted by molar-refractivity contribution is 5.80. The minimum absolute atomic E-state index is 0.860. The quantitative estimate of drug-likeness (QED) is 0.631. The van der Waals surface area contributed by atoms with Crippen molar-refractivity contribution in [3.05, 3.63) is 41.2 Å². The number of benzene rings is 1. The second-order valence-electron chi connectivity index (χ2n) is 7.17. The molecule has 3 rings (SSSR count). The van der Waals surface area contributed by atoms with Crippen LogP contribution in [0.1, 0.15) is 17.0 Å². The van der Waals surface area contributed by atoms with Gasteiger partial charge in [-0.2, -0.15) is 5.10 Å². The lowest BCUT2D eigenvalue weighted by Crippen LogP contribution is -2.52. The average Bonchev–Trinajstić information content (AvgIpc) is 2.97. The fourth-order valence-corrected chi connectivity index (χ4v) is 3.78. The maximum Gasteiger partial charge on any atom is 0.193 e. The van der Waals surface area contributed by atoms with E-state index in [2.05, 4.69) is 51.2 Å². The van der Waals surface area contributed by atoms with Gasteiger partial charge in [0.1, 0.15) is 5.75 Å². The number of guanidine groups is 1. The number of ether oxygens (including phenoxy) is 1. The number of piperazine rings is 1. The molecule has 28 heavy (non-hydrogen) atoms. The van der Waals surface area contributed by atoms with Gasteiger partial charge < -0.3 is 19.9 Å².